The van der Waals surface area contributed by atoms with Crippen LogP contribution in [0.2, 0.25) is 0 Å². The van der Waals surface area contributed by atoms with Crippen molar-refractivity contribution in [3.8, 4) is 11.5 Å². The number of carbonyl (C=O) groups is 2. The largest absolute Gasteiger partial charge is 0.497 e. The van der Waals surface area contributed by atoms with Crippen LogP contribution in [0.15, 0.2) is 78.9 Å². The van der Waals surface area contributed by atoms with Gasteiger partial charge < -0.3 is 9.47 Å². The molecule has 0 aliphatic rings. The Labute approximate surface area is 169 Å². The maximum Gasteiger partial charge on any atom is 0.269 e. The van der Waals surface area contributed by atoms with Crippen LogP contribution in [0.3, 0.4) is 0 Å². The summed E-state index contributed by atoms with van der Waals surface area (Å²) in [6, 6.07) is 23.6. The van der Waals surface area contributed by atoms with Gasteiger partial charge in [-0.05, 0) is 23.3 Å². The fourth-order valence-corrected chi connectivity index (χ4v) is 2.99. The monoisotopic (exact) mass is 390 g/mol. The maximum absolute atomic E-state index is 13.0. The van der Waals surface area contributed by atoms with Crippen LogP contribution >= 0.6 is 0 Å². The molecule has 0 aromatic heterocycles. The highest BCUT2D eigenvalue weighted by Gasteiger charge is 2.23. The summed E-state index contributed by atoms with van der Waals surface area (Å²) in [5, 5.41) is 0. The maximum atomic E-state index is 13.0. The second kappa shape index (κ2) is 9.41. The Morgan fingerprint density at radius 2 is 1.21 bits per heavy atom. The molecule has 6 heteroatoms. The van der Waals surface area contributed by atoms with Crippen LogP contribution < -0.4 is 20.3 Å². The number of ether oxygens (including phenoxy) is 2. The Morgan fingerprint density at radius 3 is 1.66 bits per heavy atom. The van der Waals surface area contributed by atoms with Crippen LogP contribution in [0.25, 0.3) is 0 Å². The van der Waals surface area contributed by atoms with E-state index in [1.807, 2.05) is 60.7 Å². The van der Waals surface area contributed by atoms with Gasteiger partial charge in [0, 0.05) is 11.6 Å². The topological polar surface area (TPSA) is 76.7 Å². The molecule has 0 aliphatic heterocycles. The lowest BCUT2D eigenvalue weighted by Crippen LogP contribution is -2.44. The van der Waals surface area contributed by atoms with E-state index in [0.29, 0.717) is 17.1 Å². The number of amides is 2. The lowest BCUT2D eigenvalue weighted by Gasteiger charge is -2.18. The summed E-state index contributed by atoms with van der Waals surface area (Å²) in [6.45, 7) is 0. The van der Waals surface area contributed by atoms with Gasteiger partial charge in [0.05, 0.1) is 20.1 Å². The van der Waals surface area contributed by atoms with Crippen LogP contribution in [0.5, 0.6) is 11.5 Å². The Kier molecular flexibility index (Phi) is 6.47. The van der Waals surface area contributed by atoms with Gasteiger partial charge in [-0.25, -0.2) is 0 Å². The highest BCUT2D eigenvalue weighted by Crippen LogP contribution is 2.25. The van der Waals surface area contributed by atoms with Crippen LogP contribution in [0, 0.1) is 0 Å². The predicted molar refractivity (Wildman–Crippen MR) is 110 cm³/mol. The van der Waals surface area contributed by atoms with Gasteiger partial charge >= 0.3 is 0 Å². The number of hydrogen-bond acceptors (Lipinski definition) is 4. The molecule has 148 valence electrons. The molecular weight excluding hydrogens is 368 g/mol. The van der Waals surface area contributed by atoms with Crippen LogP contribution in [-0.2, 0) is 4.79 Å². The highest BCUT2D eigenvalue weighted by molar-refractivity contribution is 5.97. The molecule has 3 aromatic rings. The average Bonchev–Trinajstić information content (AvgIpc) is 2.78. The summed E-state index contributed by atoms with van der Waals surface area (Å²) in [5.74, 6) is -0.418. The first-order valence-corrected chi connectivity index (χ1v) is 9.05. The summed E-state index contributed by atoms with van der Waals surface area (Å²) in [5.41, 5.74) is 6.96. The number of rotatable bonds is 6. The van der Waals surface area contributed by atoms with Crippen molar-refractivity contribution in [3.05, 3.63) is 95.6 Å². The number of carbonyl (C=O) groups excluding carboxylic acids is 2. The van der Waals surface area contributed by atoms with Gasteiger partial charge in [0.2, 0.25) is 5.91 Å². The summed E-state index contributed by atoms with van der Waals surface area (Å²) in [4.78, 5) is 25.5. The molecule has 0 spiro atoms. The third-order valence-corrected chi connectivity index (χ3v) is 4.44. The quantitative estimate of drug-likeness (QED) is 0.633. The number of nitrogens with one attached hydrogen (secondary N) is 2. The van der Waals surface area contributed by atoms with E-state index in [2.05, 4.69) is 10.9 Å². The van der Waals surface area contributed by atoms with E-state index in [1.165, 1.54) is 14.2 Å². The van der Waals surface area contributed by atoms with Crippen LogP contribution in [-0.4, -0.2) is 26.0 Å². The van der Waals surface area contributed by atoms with Crippen molar-refractivity contribution in [1.29, 1.82) is 0 Å². The Morgan fingerprint density at radius 1 is 0.724 bits per heavy atom. The number of methoxy groups -OCH3 is 2. The number of benzene rings is 3. The van der Waals surface area contributed by atoms with E-state index in [4.69, 9.17) is 9.47 Å². The highest BCUT2D eigenvalue weighted by atomic mass is 16.5. The minimum absolute atomic E-state index is 0.303. The Hall–Kier alpha value is -3.80. The predicted octanol–water partition coefficient (Wildman–Crippen LogP) is 3.30. The van der Waals surface area contributed by atoms with Crippen LogP contribution in [0.4, 0.5) is 0 Å². The standard InChI is InChI=1S/C23H22N2O4/c1-28-19-13-18(14-20(15-19)29-2)22(26)24-25-23(27)21(16-9-5-3-6-10-16)17-11-7-4-8-12-17/h3-15,21H,1-2H3,(H,24,26)(H,25,27). The second-order valence-electron chi connectivity index (χ2n) is 6.30. The molecule has 2 amide bonds. The first-order chi connectivity index (χ1) is 14.1. The molecule has 0 bridgehead atoms. The molecule has 0 saturated carbocycles. The van der Waals surface area contributed by atoms with Gasteiger partial charge in [-0.2, -0.15) is 0 Å². The fourth-order valence-electron chi connectivity index (χ4n) is 2.99. The number of hydrazine groups is 1. The molecule has 29 heavy (non-hydrogen) atoms. The molecule has 0 saturated heterocycles. The molecule has 3 aromatic carbocycles. The van der Waals surface area contributed by atoms with Gasteiger partial charge in [-0.3, -0.25) is 20.4 Å². The van der Waals surface area contributed by atoms with Crippen molar-refractivity contribution in [3.63, 3.8) is 0 Å². The van der Waals surface area contributed by atoms with E-state index in [9.17, 15) is 9.59 Å². The van der Waals surface area contributed by atoms with E-state index in [0.717, 1.165) is 11.1 Å². The third kappa shape index (κ3) is 4.93. The lowest BCUT2D eigenvalue weighted by atomic mass is 9.91. The second-order valence-corrected chi connectivity index (χ2v) is 6.30. The summed E-state index contributed by atoms with van der Waals surface area (Å²) < 4.78 is 10.4. The third-order valence-electron chi connectivity index (χ3n) is 4.44. The van der Waals surface area contributed by atoms with Crippen molar-refractivity contribution in [2.24, 2.45) is 0 Å². The molecule has 0 heterocycles. The minimum atomic E-state index is -0.558. The Balaban J connectivity index is 1.78. The fraction of sp³-hybridized carbons (Fsp3) is 0.130. The average molecular weight is 390 g/mol. The van der Waals surface area contributed by atoms with Gasteiger partial charge in [0.25, 0.3) is 5.91 Å². The molecule has 0 fully saturated rings. The Bertz CT molecular complexity index is 913. The summed E-state index contributed by atoms with van der Waals surface area (Å²) >= 11 is 0. The molecule has 0 atom stereocenters. The number of hydrogen-bond donors (Lipinski definition) is 2. The summed E-state index contributed by atoms with van der Waals surface area (Å²) in [7, 11) is 3.01. The zero-order chi connectivity index (χ0) is 20.6. The summed E-state index contributed by atoms with van der Waals surface area (Å²) in [6.07, 6.45) is 0. The zero-order valence-corrected chi connectivity index (χ0v) is 16.2. The van der Waals surface area contributed by atoms with Gasteiger partial charge in [-0.15, -0.1) is 0 Å². The first-order valence-electron chi connectivity index (χ1n) is 9.05. The normalized spacial score (nSPS) is 10.3. The van der Waals surface area contributed by atoms with Crippen LogP contribution in [0.1, 0.15) is 27.4 Å². The van der Waals surface area contributed by atoms with Gasteiger partial charge in [0.1, 0.15) is 11.5 Å². The molecule has 0 aliphatic carbocycles. The van der Waals surface area contributed by atoms with Crippen molar-refractivity contribution in [1.82, 2.24) is 10.9 Å². The van der Waals surface area contributed by atoms with Gasteiger partial charge in [-0.1, -0.05) is 60.7 Å². The molecular formula is C23H22N2O4. The van der Waals surface area contributed by atoms with Crippen molar-refractivity contribution < 1.29 is 19.1 Å². The molecule has 3 rings (SSSR count). The zero-order valence-electron chi connectivity index (χ0n) is 16.2. The minimum Gasteiger partial charge on any atom is -0.497 e. The van der Waals surface area contributed by atoms with E-state index >= 15 is 0 Å². The molecule has 2 N–H and O–H groups in total. The van der Waals surface area contributed by atoms with Gasteiger partial charge in [0.15, 0.2) is 0 Å². The van der Waals surface area contributed by atoms with E-state index < -0.39 is 11.8 Å². The van der Waals surface area contributed by atoms with E-state index in [1.54, 1.807) is 18.2 Å². The lowest BCUT2D eigenvalue weighted by molar-refractivity contribution is -0.122. The van der Waals surface area contributed by atoms with Crippen molar-refractivity contribution in [2.75, 3.05) is 14.2 Å². The van der Waals surface area contributed by atoms with Crippen molar-refractivity contribution in [2.45, 2.75) is 5.92 Å². The van der Waals surface area contributed by atoms with E-state index in [-0.39, 0.29) is 5.91 Å². The SMILES string of the molecule is COc1cc(OC)cc(C(=O)NNC(=O)C(c2ccccc2)c2ccccc2)c1. The smallest absolute Gasteiger partial charge is 0.269 e. The first kappa shape index (κ1) is 19.9. The molecule has 0 unspecified atom stereocenters. The van der Waals surface area contributed by atoms with Crippen molar-refractivity contribution >= 4 is 11.8 Å². The molecule has 6 nitrogen and oxygen atoms in total. The molecule has 0 radical (unpaired) electrons.